The van der Waals surface area contributed by atoms with Crippen LogP contribution in [0.2, 0.25) is 6.82 Å². The van der Waals surface area contributed by atoms with E-state index in [0.717, 1.165) is 97.1 Å². The highest BCUT2D eigenvalue weighted by Gasteiger charge is 2.36. The summed E-state index contributed by atoms with van der Waals surface area (Å²) in [5.74, 6) is 1.52. The number of halogens is 3. The molecular weight excluding hydrogens is 884 g/mol. The van der Waals surface area contributed by atoms with E-state index in [1.807, 2.05) is 65.1 Å². The molecule has 0 N–H and O–H groups in total. The minimum Gasteiger partial charge on any atom is -0.497 e. The topological polar surface area (TPSA) is 35.8 Å². The Hall–Kier alpha value is -4.42. The van der Waals surface area contributed by atoms with Gasteiger partial charge in [0.15, 0.2) is 0 Å². The second kappa shape index (κ2) is 15.5. The van der Waals surface area contributed by atoms with Gasteiger partial charge in [0.2, 0.25) is 0 Å². The van der Waals surface area contributed by atoms with Crippen molar-refractivity contribution in [2.24, 2.45) is 4.99 Å². The third-order valence-electron chi connectivity index (χ3n) is 9.64. The lowest BCUT2D eigenvalue weighted by atomic mass is 9.83. The Labute approximate surface area is 338 Å². The molecule has 2 heterocycles. The molecule has 0 amide bonds. The minimum atomic E-state index is -1.38. The van der Waals surface area contributed by atoms with Gasteiger partial charge in [0.25, 0.3) is 0 Å². The molecule has 6 aromatic rings. The Bertz CT molecular complexity index is 2390. The van der Waals surface area contributed by atoms with E-state index in [-0.39, 0.29) is 0 Å². The molecule has 1 aromatic heterocycles. The number of hydrogen-bond acceptors (Lipinski definition) is 3. The monoisotopic (exact) mass is 922 g/mol. The largest absolute Gasteiger partial charge is 0.497 e. The molecule has 5 aromatic carbocycles. The van der Waals surface area contributed by atoms with Gasteiger partial charge in [0, 0.05) is 29.4 Å². The summed E-state index contributed by atoms with van der Waals surface area (Å²) in [6.45, 7) is 8.05. The van der Waals surface area contributed by atoms with Crippen LogP contribution in [0.15, 0.2) is 136 Å². The highest BCUT2D eigenvalue weighted by molar-refractivity contribution is 14.1. The van der Waals surface area contributed by atoms with Gasteiger partial charge in [-0.1, -0.05) is 78.4 Å². The molecule has 0 bridgehead atoms. The predicted molar refractivity (Wildman–Crippen MR) is 236 cm³/mol. The molecule has 53 heavy (non-hydrogen) atoms. The summed E-state index contributed by atoms with van der Waals surface area (Å²) in [6.07, 6.45) is 0. The van der Waals surface area contributed by atoms with E-state index in [1.54, 1.807) is 21.0 Å². The second-order valence-corrected chi connectivity index (χ2v) is 15.3. The Morgan fingerprint density at radius 3 is 1.70 bits per heavy atom. The van der Waals surface area contributed by atoms with Crippen molar-refractivity contribution in [2.45, 2.75) is 27.6 Å². The maximum absolute atomic E-state index is 16.9. The molecule has 4 nitrogen and oxygen atoms in total. The van der Waals surface area contributed by atoms with E-state index in [4.69, 9.17) is 14.5 Å². The smallest absolute Gasteiger partial charge is 0.462 e. The minimum absolute atomic E-state index is 0.742. The van der Waals surface area contributed by atoms with Crippen molar-refractivity contribution in [3.8, 4) is 33.9 Å². The number of benzene rings is 5. The van der Waals surface area contributed by atoms with E-state index in [2.05, 4.69) is 127 Å². The second-order valence-electron chi connectivity index (χ2n) is 13.2. The molecular formula is C45H38BFI2N2O2. The number of ether oxygens (including phenoxy) is 2. The Morgan fingerprint density at radius 1 is 0.679 bits per heavy atom. The normalized spacial score (nSPS) is 13.6. The highest BCUT2D eigenvalue weighted by Crippen LogP contribution is 2.50. The van der Waals surface area contributed by atoms with Gasteiger partial charge in [-0.15, -0.1) is 0 Å². The van der Waals surface area contributed by atoms with Crippen molar-refractivity contribution in [1.82, 2.24) is 4.48 Å². The molecule has 1 aliphatic rings. The molecule has 0 radical (unpaired) electrons. The summed E-state index contributed by atoms with van der Waals surface area (Å²) in [7, 11) is 1.94. The number of aryl methyl sites for hydroxylation is 3. The Morgan fingerprint density at radius 2 is 1.19 bits per heavy atom. The number of aliphatic imine (C=N–C) groups is 1. The van der Waals surface area contributed by atoms with Crippen LogP contribution in [0.4, 0.5) is 4.32 Å². The third-order valence-corrected chi connectivity index (χ3v) is 11.7. The fourth-order valence-electron chi connectivity index (χ4n) is 7.40. The Balaban J connectivity index is 1.70. The zero-order valence-electron chi connectivity index (χ0n) is 30.5. The zero-order chi connectivity index (χ0) is 37.4. The van der Waals surface area contributed by atoms with Gasteiger partial charge < -0.3 is 18.3 Å². The van der Waals surface area contributed by atoms with Gasteiger partial charge in [0.05, 0.1) is 37.0 Å². The standard InChI is InChI=1S/C45H38BFI2N2O2/c1-27-25-28(2)36(29(3)26-27)39(43-37(30-13-9-7-10-14-30)40(48)42(50-43)32-17-21-34(52-5)22-18-32)45-38(31-15-11-8-12-16-31)41(49)44(51(45)46(4)47)33-19-23-35(53-6)24-20-33/h7-26H,1-6H3/b43-39-. The molecule has 0 saturated carbocycles. The van der Waals surface area contributed by atoms with Gasteiger partial charge in [-0.05, 0) is 155 Å². The van der Waals surface area contributed by atoms with Crippen LogP contribution in [0.5, 0.6) is 11.5 Å². The molecule has 0 saturated heterocycles. The maximum atomic E-state index is 16.9. The molecule has 264 valence electrons. The van der Waals surface area contributed by atoms with Gasteiger partial charge in [-0.25, -0.2) is 4.99 Å². The molecule has 0 atom stereocenters. The van der Waals surface area contributed by atoms with Crippen LogP contribution in [0.1, 0.15) is 39.1 Å². The first kappa shape index (κ1) is 36.9. The molecule has 8 heteroatoms. The lowest BCUT2D eigenvalue weighted by molar-refractivity contribution is 0.414. The van der Waals surface area contributed by atoms with Crippen molar-refractivity contribution in [2.75, 3.05) is 14.2 Å². The summed E-state index contributed by atoms with van der Waals surface area (Å²) < 4.78 is 31.8. The lowest BCUT2D eigenvalue weighted by Crippen LogP contribution is -2.20. The van der Waals surface area contributed by atoms with Gasteiger partial charge >= 0.3 is 7.12 Å². The van der Waals surface area contributed by atoms with E-state index < -0.39 is 7.12 Å². The summed E-state index contributed by atoms with van der Waals surface area (Å²) in [6, 6.07) is 41.1. The number of allylic oxidation sites excluding steroid dienone is 2. The molecule has 0 aliphatic carbocycles. The van der Waals surface area contributed by atoms with E-state index in [0.29, 0.717) is 0 Å². The van der Waals surface area contributed by atoms with Crippen molar-refractivity contribution < 1.29 is 13.8 Å². The van der Waals surface area contributed by atoms with Gasteiger partial charge in [-0.3, -0.25) is 0 Å². The summed E-state index contributed by atoms with van der Waals surface area (Å²) in [5.41, 5.74) is 14.4. The van der Waals surface area contributed by atoms with Crippen LogP contribution < -0.4 is 9.47 Å². The van der Waals surface area contributed by atoms with Crippen LogP contribution in [0.25, 0.3) is 33.5 Å². The molecule has 0 unspecified atom stereocenters. The quantitative estimate of drug-likeness (QED) is 0.107. The van der Waals surface area contributed by atoms with Crippen LogP contribution in [0.3, 0.4) is 0 Å². The van der Waals surface area contributed by atoms with Crippen LogP contribution >= 0.6 is 45.2 Å². The number of aromatic nitrogens is 1. The predicted octanol–water partition coefficient (Wildman–Crippen LogP) is 12.4. The first-order valence-corrected chi connectivity index (χ1v) is 19.6. The molecule has 0 fully saturated rings. The number of hydrogen-bond donors (Lipinski definition) is 0. The first-order chi connectivity index (χ1) is 25.6. The van der Waals surface area contributed by atoms with Crippen molar-refractivity contribution in [3.63, 3.8) is 0 Å². The highest BCUT2D eigenvalue weighted by atomic mass is 127. The fourth-order valence-corrected chi connectivity index (χ4v) is 9.53. The average Bonchev–Trinajstić information content (AvgIpc) is 3.67. The van der Waals surface area contributed by atoms with E-state index in [1.165, 1.54) is 5.56 Å². The van der Waals surface area contributed by atoms with Crippen LogP contribution in [-0.2, 0) is 0 Å². The summed E-state index contributed by atoms with van der Waals surface area (Å²) >= 11 is 4.87. The van der Waals surface area contributed by atoms with Crippen LogP contribution in [-0.4, -0.2) is 31.5 Å². The number of nitrogens with zero attached hydrogens (tertiary/aromatic N) is 2. The third kappa shape index (κ3) is 6.91. The van der Waals surface area contributed by atoms with Crippen molar-refractivity contribution in [3.05, 3.63) is 173 Å². The summed E-state index contributed by atoms with van der Waals surface area (Å²) in [5, 5.41) is 0. The maximum Gasteiger partial charge on any atom is 0.462 e. The van der Waals surface area contributed by atoms with Crippen molar-refractivity contribution >= 4 is 69.2 Å². The zero-order valence-corrected chi connectivity index (χ0v) is 34.8. The van der Waals surface area contributed by atoms with E-state index >= 15 is 4.32 Å². The molecule has 7 rings (SSSR count). The lowest BCUT2D eigenvalue weighted by Gasteiger charge is -2.23. The fraction of sp³-hybridized carbons (Fsp3) is 0.133. The van der Waals surface area contributed by atoms with Gasteiger partial charge in [-0.2, -0.15) is 0 Å². The van der Waals surface area contributed by atoms with Crippen LogP contribution in [0, 0.1) is 24.3 Å². The first-order valence-electron chi connectivity index (χ1n) is 17.4. The average molecular weight is 922 g/mol. The number of methoxy groups -OCH3 is 2. The summed E-state index contributed by atoms with van der Waals surface area (Å²) in [4.78, 5) is 5.60. The number of rotatable bonds is 9. The van der Waals surface area contributed by atoms with E-state index in [9.17, 15) is 0 Å². The van der Waals surface area contributed by atoms with Crippen molar-refractivity contribution in [1.29, 1.82) is 0 Å². The SMILES string of the molecule is COc1ccc(C2=N/C(=C(/c3c(C)cc(C)cc3C)c3c(-c4ccccc4)c(I)c(-c4ccc(OC)cc4)n3B(C)F)C(c3ccccc3)=C2I)cc1. The molecule has 1 aliphatic heterocycles. The molecule has 0 spiro atoms. The van der Waals surface area contributed by atoms with Gasteiger partial charge in [0.1, 0.15) is 11.5 Å². The Kier molecular flexibility index (Phi) is 10.8.